The maximum absolute atomic E-state index is 8.54. The Bertz CT molecular complexity index is 274. The lowest BCUT2D eigenvalue weighted by atomic mass is 10.2. The molecule has 2 N–H and O–H groups in total. The van der Waals surface area contributed by atoms with Crippen LogP contribution >= 0.6 is 0 Å². The van der Waals surface area contributed by atoms with Gasteiger partial charge in [0.2, 0.25) is 0 Å². The van der Waals surface area contributed by atoms with E-state index >= 15 is 0 Å². The number of hydrogen-bond acceptors (Lipinski definition) is 5. The van der Waals surface area contributed by atoms with E-state index in [1.54, 1.807) is 31.4 Å². The van der Waals surface area contributed by atoms with E-state index in [1.807, 2.05) is 0 Å². The van der Waals surface area contributed by atoms with Crippen LogP contribution in [0, 0.1) is 0 Å². The molecule has 5 nitrogen and oxygen atoms in total. The Morgan fingerprint density at radius 1 is 1.20 bits per heavy atom. The van der Waals surface area contributed by atoms with Crippen molar-refractivity contribution in [2.45, 2.75) is 6.61 Å². The molecule has 0 saturated carbocycles. The highest BCUT2D eigenvalue weighted by Gasteiger charge is 2.10. The summed E-state index contributed by atoms with van der Waals surface area (Å²) in [6, 6.07) is 6.80. The molecule has 82 valence electrons. The van der Waals surface area contributed by atoms with Gasteiger partial charge in [-0.25, -0.2) is 0 Å². The van der Waals surface area contributed by atoms with Crippen molar-refractivity contribution in [1.29, 1.82) is 0 Å². The molecule has 0 aromatic heterocycles. The minimum Gasteiger partial charge on any atom is -0.512 e. The quantitative estimate of drug-likeness (QED) is 0.399. The molecule has 0 fully saturated rings. The van der Waals surface area contributed by atoms with E-state index in [9.17, 15) is 0 Å². The summed E-state index contributed by atoms with van der Waals surface area (Å²) in [6.07, 6.45) is 0. The molecule has 0 saturated heterocycles. The van der Waals surface area contributed by atoms with Crippen LogP contribution < -0.4 is 4.65 Å². The van der Waals surface area contributed by atoms with Crippen LogP contribution in [-0.2, 0) is 16.1 Å². The summed E-state index contributed by atoms with van der Waals surface area (Å²) in [4.78, 5) is 0. The van der Waals surface area contributed by atoms with Crippen molar-refractivity contribution < 1.29 is 24.2 Å². The van der Waals surface area contributed by atoms with Crippen molar-refractivity contribution in [2.75, 3.05) is 13.9 Å². The van der Waals surface area contributed by atoms with Gasteiger partial charge >= 0.3 is 7.32 Å². The third-order valence-corrected chi connectivity index (χ3v) is 1.63. The molecule has 0 aliphatic carbocycles. The number of ether oxygens (including phenoxy) is 2. The molecule has 0 atom stereocenters. The fourth-order valence-electron chi connectivity index (χ4n) is 1.03. The van der Waals surface area contributed by atoms with E-state index in [2.05, 4.69) is 4.65 Å². The van der Waals surface area contributed by atoms with Crippen molar-refractivity contribution in [1.82, 2.24) is 0 Å². The Hall–Kier alpha value is -1.08. The molecule has 0 amide bonds. The van der Waals surface area contributed by atoms with Gasteiger partial charge in [0.1, 0.15) is 12.5 Å². The lowest BCUT2D eigenvalue weighted by Gasteiger charge is -2.06. The van der Waals surface area contributed by atoms with Crippen LogP contribution in [-0.4, -0.2) is 31.3 Å². The second-order valence-corrected chi connectivity index (χ2v) is 2.84. The third kappa shape index (κ3) is 4.80. The van der Waals surface area contributed by atoms with Crippen LogP contribution in [0.3, 0.4) is 0 Å². The topological polar surface area (TPSA) is 68.2 Å². The minimum atomic E-state index is -1.79. The third-order valence-electron chi connectivity index (χ3n) is 1.63. The number of rotatable bonds is 6. The van der Waals surface area contributed by atoms with Gasteiger partial charge in [0, 0.05) is 7.11 Å². The lowest BCUT2D eigenvalue weighted by Crippen LogP contribution is -2.20. The Morgan fingerprint density at radius 3 is 2.40 bits per heavy atom. The van der Waals surface area contributed by atoms with E-state index < -0.39 is 7.32 Å². The van der Waals surface area contributed by atoms with Crippen molar-refractivity contribution in [3.8, 4) is 5.75 Å². The first-order valence-corrected chi connectivity index (χ1v) is 4.41. The van der Waals surface area contributed by atoms with Crippen LogP contribution in [0.2, 0.25) is 0 Å². The normalized spacial score (nSPS) is 10.1. The fourth-order valence-corrected chi connectivity index (χ4v) is 1.03. The molecule has 6 heteroatoms. The second-order valence-electron chi connectivity index (χ2n) is 2.84. The second kappa shape index (κ2) is 6.42. The summed E-state index contributed by atoms with van der Waals surface area (Å²) in [7, 11) is -0.236. The molecule has 0 unspecified atom stereocenters. The first kappa shape index (κ1) is 12.0. The van der Waals surface area contributed by atoms with Crippen molar-refractivity contribution >= 4 is 7.32 Å². The Morgan fingerprint density at radius 2 is 1.87 bits per heavy atom. The molecule has 0 aliphatic heterocycles. The van der Waals surface area contributed by atoms with E-state index in [-0.39, 0.29) is 6.79 Å². The van der Waals surface area contributed by atoms with Crippen LogP contribution in [0.25, 0.3) is 0 Å². The number of methoxy groups -OCH3 is 1. The molecular formula is C9H13BO5. The average Bonchev–Trinajstić information content (AvgIpc) is 2.20. The Labute approximate surface area is 88.4 Å². The van der Waals surface area contributed by atoms with E-state index in [4.69, 9.17) is 19.5 Å². The number of benzene rings is 1. The molecular weight excluding hydrogens is 199 g/mol. The predicted molar refractivity (Wildman–Crippen MR) is 53.9 cm³/mol. The van der Waals surface area contributed by atoms with Crippen LogP contribution in [0.5, 0.6) is 5.75 Å². The van der Waals surface area contributed by atoms with Crippen LogP contribution in [0.1, 0.15) is 5.56 Å². The monoisotopic (exact) mass is 212 g/mol. The van der Waals surface area contributed by atoms with E-state index in [1.165, 1.54) is 0 Å². The van der Waals surface area contributed by atoms with Crippen LogP contribution in [0.4, 0.5) is 0 Å². The van der Waals surface area contributed by atoms with Gasteiger partial charge in [-0.1, -0.05) is 12.1 Å². The standard InChI is InChI=1S/C9H13BO5/c1-13-7-14-6-8-2-4-9(5-3-8)15-10(11)12/h2-5,11-12H,6-7H2,1H3. The molecule has 1 aromatic rings. The van der Waals surface area contributed by atoms with Gasteiger partial charge in [-0.15, -0.1) is 0 Å². The van der Waals surface area contributed by atoms with Gasteiger partial charge < -0.3 is 24.2 Å². The van der Waals surface area contributed by atoms with Gasteiger partial charge in [-0.05, 0) is 17.7 Å². The first-order valence-electron chi connectivity index (χ1n) is 4.41. The summed E-state index contributed by atoms with van der Waals surface area (Å²) in [5.41, 5.74) is 0.951. The molecule has 1 aromatic carbocycles. The zero-order chi connectivity index (χ0) is 11.1. The zero-order valence-electron chi connectivity index (χ0n) is 8.42. The van der Waals surface area contributed by atoms with Gasteiger partial charge in [0.15, 0.2) is 0 Å². The zero-order valence-corrected chi connectivity index (χ0v) is 8.42. The molecule has 0 bridgehead atoms. The predicted octanol–water partition coefficient (Wildman–Crippen LogP) is 0.155. The van der Waals surface area contributed by atoms with Gasteiger partial charge in [-0.3, -0.25) is 0 Å². The first-order chi connectivity index (χ1) is 7.22. The molecule has 15 heavy (non-hydrogen) atoms. The lowest BCUT2D eigenvalue weighted by molar-refractivity contribution is -0.0390. The average molecular weight is 212 g/mol. The van der Waals surface area contributed by atoms with Crippen LogP contribution in [0.15, 0.2) is 24.3 Å². The highest BCUT2D eigenvalue weighted by Crippen LogP contribution is 2.12. The van der Waals surface area contributed by atoms with Gasteiger partial charge in [0.05, 0.1) is 6.61 Å². The smallest absolute Gasteiger partial charge is 0.512 e. The summed E-state index contributed by atoms with van der Waals surface area (Å²) >= 11 is 0. The highest BCUT2D eigenvalue weighted by molar-refractivity contribution is 6.33. The maximum atomic E-state index is 8.54. The Balaban J connectivity index is 2.42. The molecule has 0 spiro atoms. The number of hydrogen-bond donors (Lipinski definition) is 2. The van der Waals surface area contributed by atoms with E-state index in [0.29, 0.717) is 12.4 Å². The summed E-state index contributed by atoms with van der Waals surface area (Å²) in [6.45, 7) is 0.684. The van der Waals surface area contributed by atoms with Crippen molar-refractivity contribution in [2.24, 2.45) is 0 Å². The van der Waals surface area contributed by atoms with Crippen molar-refractivity contribution in [3.63, 3.8) is 0 Å². The van der Waals surface area contributed by atoms with Gasteiger partial charge in [-0.2, -0.15) is 0 Å². The van der Waals surface area contributed by atoms with E-state index in [0.717, 1.165) is 5.56 Å². The maximum Gasteiger partial charge on any atom is 0.707 e. The minimum absolute atomic E-state index is 0.244. The largest absolute Gasteiger partial charge is 0.707 e. The summed E-state index contributed by atoms with van der Waals surface area (Å²) in [5, 5.41) is 17.1. The summed E-state index contributed by atoms with van der Waals surface area (Å²) in [5.74, 6) is 0.389. The van der Waals surface area contributed by atoms with Gasteiger partial charge in [0.25, 0.3) is 0 Å². The van der Waals surface area contributed by atoms with Crippen molar-refractivity contribution in [3.05, 3.63) is 29.8 Å². The molecule has 0 radical (unpaired) electrons. The molecule has 0 heterocycles. The molecule has 0 aliphatic rings. The SMILES string of the molecule is COCOCc1ccc(OB(O)O)cc1. The fraction of sp³-hybridized carbons (Fsp3) is 0.333. The Kier molecular flexibility index (Phi) is 5.13. The molecule has 1 rings (SSSR count). The summed E-state index contributed by atoms with van der Waals surface area (Å²) < 4.78 is 14.5. The highest BCUT2D eigenvalue weighted by atomic mass is 16.7.